The zero-order valence-corrected chi connectivity index (χ0v) is 31.9. The molecule has 7 N–H and O–H groups in total. The lowest BCUT2D eigenvalue weighted by Crippen LogP contribution is -2.53. The van der Waals surface area contributed by atoms with Crippen molar-refractivity contribution in [2.75, 3.05) is 26.2 Å². The highest BCUT2D eigenvalue weighted by Crippen LogP contribution is 2.50. The minimum absolute atomic E-state index is 0.109. The third-order valence-electron chi connectivity index (χ3n) is 10.5. The highest BCUT2D eigenvalue weighted by molar-refractivity contribution is 6.31. The first-order valence-electron chi connectivity index (χ1n) is 19.0. The van der Waals surface area contributed by atoms with Crippen LogP contribution in [0, 0.1) is 0 Å². The topological polar surface area (TPSA) is 185 Å². The van der Waals surface area contributed by atoms with Crippen LogP contribution < -0.4 is 15.4 Å². The van der Waals surface area contributed by atoms with Gasteiger partial charge in [0.1, 0.15) is 24.1 Å². The molecule has 54 heavy (non-hydrogen) atoms. The highest BCUT2D eigenvalue weighted by Gasteiger charge is 2.46. The van der Waals surface area contributed by atoms with E-state index >= 15 is 0 Å². The van der Waals surface area contributed by atoms with Gasteiger partial charge in [0.05, 0.1) is 12.7 Å². The Morgan fingerprint density at radius 2 is 1.74 bits per heavy atom. The summed E-state index contributed by atoms with van der Waals surface area (Å²) in [5, 5.41) is 57.1. The maximum atomic E-state index is 13.3. The van der Waals surface area contributed by atoms with Crippen molar-refractivity contribution < 1.29 is 39.9 Å². The zero-order chi connectivity index (χ0) is 38.8. The fourth-order valence-electron chi connectivity index (χ4n) is 6.77. The van der Waals surface area contributed by atoms with Gasteiger partial charge in [0.2, 0.25) is 5.91 Å². The van der Waals surface area contributed by atoms with Gasteiger partial charge in [-0.3, -0.25) is 14.6 Å². The van der Waals surface area contributed by atoms with Gasteiger partial charge in [-0.05, 0) is 97.7 Å². The molecule has 13 heteroatoms. The first kappa shape index (κ1) is 41.5. The van der Waals surface area contributed by atoms with E-state index in [1.165, 1.54) is 11.8 Å². The number of nitrogens with zero attached hydrogens (tertiary/aromatic N) is 2. The second kappa shape index (κ2) is 19.3. The summed E-state index contributed by atoms with van der Waals surface area (Å²) in [6.07, 6.45) is 2.99. The van der Waals surface area contributed by atoms with E-state index in [0.29, 0.717) is 43.8 Å². The molecule has 2 aromatic carbocycles. The predicted molar refractivity (Wildman–Crippen MR) is 206 cm³/mol. The van der Waals surface area contributed by atoms with Crippen LogP contribution in [0.3, 0.4) is 0 Å². The molecule has 5 atom stereocenters. The van der Waals surface area contributed by atoms with Crippen LogP contribution in [-0.2, 0) is 21.7 Å². The highest BCUT2D eigenvalue weighted by atomic mass is 35.5. The third kappa shape index (κ3) is 11.0. The van der Waals surface area contributed by atoms with Crippen molar-refractivity contribution in [1.82, 2.24) is 20.5 Å². The number of ether oxygens (including phenoxy) is 1. The Hall–Kier alpha value is -3.62. The number of unbranched alkanes of at least 4 members (excludes halogenated alkanes) is 1. The largest absolute Gasteiger partial charge is 0.490 e. The number of hydrogen-bond donors (Lipinski definition) is 7. The van der Waals surface area contributed by atoms with E-state index in [9.17, 15) is 30.0 Å². The number of amides is 2. The lowest BCUT2D eigenvalue weighted by atomic mass is 9.93. The molecule has 2 aliphatic carbocycles. The number of carbonyl (C=O) groups is 2. The smallest absolute Gasteiger partial charge is 0.254 e. The first-order chi connectivity index (χ1) is 25.9. The van der Waals surface area contributed by atoms with Crippen LogP contribution in [-0.4, -0.2) is 104 Å². The van der Waals surface area contributed by atoms with Crippen molar-refractivity contribution in [2.45, 2.75) is 114 Å². The van der Waals surface area contributed by atoms with Gasteiger partial charge in [-0.15, -0.1) is 0 Å². The van der Waals surface area contributed by atoms with Gasteiger partial charge in [0, 0.05) is 61.6 Å². The number of nitrogens with one attached hydrogen (secondary N) is 2. The molecule has 0 aliphatic heterocycles. The summed E-state index contributed by atoms with van der Waals surface area (Å²) in [7, 11) is 0. The van der Waals surface area contributed by atoms with E-state index in [1.54, 1.807) is 0 Å². The summed E-state index contributed by atoms with van der Waals surface area (Å²) in [6, 6.07) is 16.3. The van der Waals surface area contributed by atoms with Crippen LogP contribution in [0.5, 0.6) is 5.75 Å². The van der Waals surface area contributed by atoms with Gasteiger partial charge in [-0.2, -0.15) is 0 Å². The van der Waals surface area contributed by atoms with Crippen LogP contribution >= 0.6 is 11.6 Å². The van der Waals surface area contributed by atoms with E-state index in [4.69, 9.17) is 21.4 Å². The maximum absolute atomic E-state index is 13.3. The number of rotatable bonds is 22. The minimum Gasteiger partial charge on any atom is -0.490 e. The van der Waals surface area contributed by atoms with E-state index in [-0.39, 0.29) is 36.6 Å². The Kier molecular flexibility index (Phi) is 14.8. The molecule has 0 radical (unpaired) electrons. The van der Waals surface area contributed by atoms with E-state index in [0.717, 1.165) is 59.3 Å². The van der Waals surface area contributed by atoms with E-state index in [2.05, 4.69) is 40.7 Å². The quantitative estimate of drug-likeness (QED) is 0.0743. The first-order valence-corrected chi connectivity index (χ1v) is 19.4. The molecule has 3 aromatic rings. The number of halogens is 1. The summed E-state index contributed by atoms with van der Waals surface area (Å²) in [6.45, 7) is 4.22. The van der Waals surface area contributed by atoms with Crippen LogP contribution in [0.2, 0.25) is 5.02 Å². The normalized spacial score (nSPS) is 17.6. The molecule has 0 saturated heterocycles. The fraction of sp³-hybridized carbons (Fsp3) is 0.537. The lowest BCUT2D eigenvalue weighted by Gasteiger charge is -2.30. The standard InChI is InChI=1S/C41H55ClN4O8/c1-26(8-7-21-46(20-6-5-18-44-27(2)48)40(53)39(52)38(51)37(50)35(49)25-47)28-11-14-34(42)29(22-28)23-45-41(16-17-41)33-24-43-19-15-31(33)32-9-3-4-10-36(32)54-30-12-13-30/h3-4,9-11,14-15,19,22,24,26,30,35,37-39,45,47,49-52H,5-8,12-13,16-18,20-21,23,25H2,1-2H3,(H,44,48). The van der Waals surface area contributed by atoms with Crippen LogP contribution in [0.25, 0.3) is 11.1 Å². The van der Waals surface area contributed by atoms with Crippen molar-refractivity contribution in [3.63, 3.8) is 0 Å². The number of carbonyl (C=O) groups excluding carboxylic acids is 2. The molecule has 5 unspecified atom stereocenters. The van der Waals surface area contributed by atoms with Crippen LogP contribution in [0.4, 0.5) is 0 Å². The number of aromatic nitrogens is 1. The number of benzene rings is 2. The maximum Gasteiger partial charge on any atom is 0.254 e. The Labute approximate surface area is 322 Å². The summed E-state index contributed by atoms with van der Waals surface area (Å²) in [4.78, 5) is 30.5. The average molecular weight is 767 g/mol. The lowest BCUT2D eigenvalue weighted by molar-refractivity contribution is -0.158. The molecular formula is C41H55ClN4O8. The molecule has 0 bridgehead atoms. The van der Waals surface area contributed by atoms with Gasteiger partial charge in [-0.1, -0.05) is 48.9 Å². The summed E-state index contributed by atoms with van der Waals surface area (Å²) >= 11 is 6.75. The molecule has 1 heterocycles. The van der Waals surface area contributed by atoms with Crippen molar-refractivity contribution in [3.8, 4) is 16.9 Å². The monoisotopic (exact) mass is 766 g/mol. The van der Waals surface area contributed by atoms with Crippen molar-refractivity contribution >= 4 is 23.4 Å². The number of aliphatic hydroxyl groups excluding tert-OH is 5. The number of para-hydroxylation sites is 1. The van der Waals surface area contributed by atoms with Gasteiger partial charge in [-0.25, -0.2) is 0 Å². The SMILES string of the molecule is CC(=O)NCCCCN(CCCC(C)c1ccc(Cl)c(CNC2(c3cnccc3-c3ccccc3OC3CC3)CC2)c1)C(=O)C(O)C(O)C(O)C(O)CO. The molecule has 2 amide bonds. The number of pyridine rings is 1. The van der Waals surface area contributed by atoms with Crippen LogP contribution in [0.1, 0.15) is 87.8 Å². The Morgan fingerprint density at radius 3 is 2.44 bits per heavy atom. The molecule has 5 rings (SSSR count). The average Bonchev–Trinajstić information content (AvgIpc) is 4.13. The predicted octanol–water partition coefficient (Wildman–Crippen LogP) is 3.79. The molecular weight excluding hydrogens is 712 g/mol. The molecule has 2 aliphatic rings. The van der Waals surface area contributed by atoms with Crippen molar-refractivity contribution in [3.05, 3.63) is 82.6 Å². The van der Waals surface area contributed by atoms with E-state index in [1.807, 2.05) is 42.7 Å². The van der Waals surface area contributed by atoms with E-state index < -0.39 is 36.9 Å². The molecule has 2 saturated carbocycles. The number of hydrogen-bond acceptors (Lipinski definition) is 10. The Morgan fingerprint density at radius 1 is 1.00 bits per heavy atom. The van der Waals surface area contributed by atoms with Crippen molar-refractivity contribution in [1.29, 1.82) is 0 Å². The van der Waals surface area contributed by atoms with Crippen molar-refractivity contribution in [2.24, 2.45) is 0 Å². The second-order valence-corrected chi connectivity index (χ2v) is 15.2. The zero-order valence-electron chi connectivity index (χ0n) is 31.2. The summed E-state index contributed by atoms with van der Waals surface area (Å²) in [5.41, 5.74) is 5.16. The minimum atomic E-state index is -2.00. The molecule has 294 valence electrons. The second-order valence-electron chi connectivity index (χ2n) is 14.8. The van der Waals surface area contributed by atoms with Gasteiger partial charge in [0.15, 0.2) is 6.10 Å². The van der Waals surface area contributed by atoms with Gasteiger partial charge in [0.25, 0.3) is 5.91 Å². The molecule has 12 nitrogen and oxygen atoms in total. The molecule has 0 spiro atoms. The van der Waals surface area contributed by atoms with Crippen LogP contribution in [0.15, 0.2) is 60.9 Å². The Balaban J connectivity index is 1.21. The fourth-order valence-corrected chi connectivity index (χ4v) is 6.95. The summed E-state index contributed by atoms with van der Waals surface area (Å²) in [5.74, 6) is 0.0627. The number of aliphatic hydroxyl groups is 5. The van der Waals surface area contributed by atoms with Gasteiger partial charge < -0.3 is 45.8 Å². The third-order valence-corrected chi connectivity index (χ3v) is 10.8. The summed E-state index contributed by atoms with van der Waals surface area (Å²) < 4.78 is 6.27. The molecule has 2 fully saturated rings. The Bertz CT molecular complexity index is 1700. The molecule has 1 aromatic heterocycles. The van der Waals surface area contributed by atoms with Gasteiger partial charge >= 0.3 is 0 Å².